The molecule has 4 rings (SSSR count). The van der Waals surface area contributed by atoms with Crippen molar-refractivity contribution >= 4 is 16.0 Å². The Kier molecular flexibility index (Phi) is 11.0. The first-order valence-corrected chi connectivity index (χ1v) is 15.9. The van der Waals surface area contributed by atoms with E-state index in [1.807, 2.05) is 12.1 Å². The Labute approximate surface area is 253 Å². The van der Waals surface area contributed by atoms with Gasteiger partial charge in [-0.25, -0.2) is 12.8 Å². The lowest BCUT2D eigenvalue weighted by molar-refractivity contribution is -0.195. The molecule has 1 N–H and O–H groups in total. The van der Waals surface area contributed by atoms with Crippen LogP contribution in [0.4, 0.5) is 4.39 Å². The minimum absolute atomic E-state index is 0.0559. The predicted molar refractivity (Wildman–Crippen MR) is 156 cm³/mol. The molecule has 0 saturated carbocycles. The molecule has 2 aliphatic rings. The molecule has 12 heteroatoms. The molecule has 2 heterocycles. The number of hydrogen-bond acceptors (Lipinski definition) is 9. The first kappa shape index (κ1) is 33.1. The fourth-order valence-electron chi connectivity index (χ4n) is 5.53. The first-order valence-electron chi connectivity index (χ1n) is 14.5. The van der Waals surface area contributed by atoms with E-state index >= 15 is 0 Å². The average molecular weight is 624 g/mol. The number of ether oxygens (including phenoxy) is 5. The Balaban J connectivity index is 1.55. The summed E-state index contributed by atoms with van der Waals surface area (Å²) < 4.78 is 70.7. The van der Waals surface area contributed by atoms with Crippen LogP contribution in [0.1, 0.15) is 38.7 Å². The van der Waals surface area contributed by atoms with Gasteiger partial charge in [-0.2, -0.15) is 4.31 Å². The van der Waals surface area contributed by atoms with Gasteiger partial charge in [0.1, 0.15) is 23.3 Å². The van der Waals surface area contributed by atoms with Crippen molar-refractivity contribution in [2.24, 2.45) is 11.8 Å². The molecule has 0 unspecified atom stereocenters. The number of esters is 1. The maximum absolute atomic E-state index is 14.9. The molecule has 0 aliphatic carbocycles. The van der Waals surface area contributed by atoms with E-state index < -0.39 is 53.1 Å². The molecule has 43 heavy (non-hydrogen) atoms. The monoisotopic (exact) mass is 623 g/mol. The van der Waals surface area contributed by atoms with E-state index in [1.54, 1.807) is 19.2 Å². The van der Waals surface area contributed by atoms with Crippen molar-refractivity contribution in [3.8, 4) is 11.5 Å². The zero-order chi connectivity index (χ0) is 31.2. The summed E-state index contributed by atoms with van der Waals surface area (Å²) in [7, 11) is -1.19. The van der Waals surface area contributed by atoms with Gasteiger partial charge in [0.15, 0.2) is 6.29 Å². The number of fused-ring (bicyclic) bond motifs is 1. The molecule has 0 aromatic heterocycles. The Morgan fingerprint density at radius 2 is 1.60 bits per heavy atom. The van der Waals surface area contributed by atoms with Gasteiger partial charge in [0, 0.05) is 31.3 Å². The second kappa shape index (κ2) is 14.3. The molecule has 2 aliphatic heterocycles. The van der Waals surface area contributed by atoms with Gasteiger partial charge in [-0.15, -0.1) is 0 Å². The maximum atomic E-state index is 14.9. The molecule has 2 aromatic carbocycles. The van der Waals surface area contributed by atoms with Crippen molar-refractivity contribution in [1.82, 2.24) is 4.31 Å². The van der Waals surface area contributed by atoms with E-state index in [0.717, 1.165) is 16.3 Å². The van der Waals surface area contributed by atoms with Crippen molar-refractivity contribution in [2.45, 2.75) is 68.6 Å². The van der Waals surface area contributed by atoms with Crippen LogP contribution < -0.4 is 9.47 Å². The lowest BCUT2D eigenvalue weighted by Crippen LogP contribution is -2.46. The molecule has 0 radical (unpaired) electrons. The molecule has 0 amide bonds. The largest absolute Gasteiger partial charge is 0.497 e. The van der Waals surface area contributed by atoms with Gasteiger partial charge < -0.3 is 28.8 Å². The summed E-state index contributed by atoms with van der Waals surface area (Å²) in [5.41, 5.74) is -1.09. The van der Waals surface area contributed by atoms with Crippen LogP contribution >= 0.6 is 0 Å². The summed E-state index contributed by atoms with van der Waals surface area (Å²) in [6.07, 6.45) is -0.738. The molecule has 0 spiro atoms. The quantitative estimate of drug-likeness (QED) is 0.314. The molecule has 2 aromatic rings. The van der Waals surface area contributed by atoms with Gasteiger partial charge in [0.05, 0.1) is 44.9 Å². The Hall–Kier alpha value is -2.77. The zero-order valence-electron chi connectivity index (χ0n) is 25.1. The van der Waals surface area contributed by atoms with Crippen LogP contribution in [-0.4, -0.2) is 88.5 Å². The van der Waals surface area contributed by atoms with E-state index in [1.165, 1.54) is 45.2 Å². The topological polar surface area (TPSA) is 121 Å². The van der Waals surface area contributed by atoms with E-state index in [0.29, 0.717) is 31.1 Å². The summed E-state index contributed by atoms with van der Waals surface area (Å²) >= 11 is 0. The molecule has 2 fully saturated rings. The van der Waals surface area contributed by atoms with Crippen molar-refractivity contribution < 1.29 is 46.4 Å². The van der Waals surface area contributed by atoms with Gasteiger partial charge in [-0.3, -0.25) is 4.79 Å². The molecule has 10 nitrogen and oxygen atoms in total. The highest BCUT2D eigenvalue weighted by Gasteiger charge is 2.41. The third-order valence-corrected chi connectivity index (χ3v) is 9.62. The summed E-state index contributed by atoms with van der Waals surface area (Å²) in [4.78, 5) is 13.2. The van der Waals surface area contributed by atoms with Crippen molar-refractivity contribution in [3.63, 3.8) is 0 Å². The summed E-state index contributed by atoms with van der Waals surface area (Å²) in [5.74, 6) is -0.179. The zero-order valence-corrected chi connectivity index (χ0v) is 25.9. The fraction of sp³-hybridized carbons (Fsp3) is 0.581. The summed E-state index contributed by atoms with van der Waals surface area (Å²) in [6, 6.07) is 12.9. The van der Waals surface area contributed by atoms with Crippen molar-refractivity contribution in [2.75, 3.05) is 40.5 Å². The molecule has 5 atom stereocenters. The lowest BCUT2D eigenvalue weighted by atomic mass is 9.90. The number of alkyl halides is 1. The highest BCUT2D eigenvalue weighted by Crippen LogP contribution is 2.33. The number of carbonyl (C=O) groups excluding carboxylic acids is 1. The Morgan fingerprint density at radius 1 is 1.02 bits per heavy atom. The highest BCUT2D eigenvalue weighted by molar-refractivity contribution is 7.89. The lowest BCUT2D eigenvalue weighted by Gasteiger charge is -2.33. The van der Waals surface area contributed by atoms with Crippen LogP contribution in [0.25, 0.3) is 0 Å². The van der Waals surface area contributed by atoms with Crippen molar-refractivity contribution in [1.29, 1.82) is 0 Å². The number of hydrogen-bond donors (Lipinski definition) is 1. The normalized spacial score (nSPS) is 22.1. The van der Waals surface area contributed by atoms with Gasteiger partial charge >= 0.3 is 5.97 Å². The number of aliphatic hydroxyl groups excluding tert-OH is 1. The summed E-state index contributed by atoms with van der Waals surface area (Å²) in [5, 5.41) is 11.5. The van der Waals surface area contributed by atoms with Crippen LogP contribution in [0.3, 0.4) is 0 Å². The molecule has 2 saturated heterocycles. The Bertz CT molecular complexity index is 1300. The van der Waals surface area contributed by atoms with Gasteiger partial charge in [0.25, 0.3) is 0 Å². The minimum atomic E-state index is -4.21. The smallest absolute Gasteiger partial charge is 0.306 e. The minimum Gasteiger partial charge on any atom is -0.497 e. The number of rotatable bonds is 14. The first-order chi connectivity index (χ1) is 20.4. The van der Waals surface area contributed by atoms with E-state index in [4.69, 9.17) is 23.7 Å². The van der Waals surface area contributed by atoms with Crippen LogP contribution in [0.2, 0.25) is 0 Å². The van der Waals surface area contributed by atoms with E-state index in [9.17, 15) is 22.7 Å². The number of halogens is 1. The SMILES string of the molecule is COc1ccc(C[C@H](CC(=O)O[C@H]2CCO[C@H]3OCC[C@H]32)[C@H](O)CN(CC(C)(C)F)S(=O)(=O)c2ccc(OC)cc2)cc1. The number of nitrogens with zero attached hydrogens (tertiary/aromatic N) is 1. The number of carbonyl (C=O) groups is 1. The number of sulfonamides is 1. The molecular formula is C31H42FNO9S. The fourth-order valence-corrected chi connectivity index (χ4v) is 7.14. The number of benzene rings is 2. The molecule has 0 bridgehead atoms. The maximum Gasteiger partial charge on any atom is 0.306 e. The van der Waals surface area contributed by atoms with Crippen LogP contribution in [0, 0.1) is 11.8 Å². The molecular weight excluding hydrogens is 581 g/mol. The average Bonchev–Trinajstić information content (AvgIpc) is 3.46. The number of aliphatic hydroxyl groups is 1. The molecule has 238 valence electrons. The van der Waals surface area contributed by atoms with Crippen LogP contribution in [0.5, 0.6) is 11.5 Å². The van der Waals surface area contributed by atoms with Crippen molar-refractivity contribution in [3.05, 3.63) is 54.1 Å². The van der Waals surface area contributed by atoms with Crippen LogP contribution in [0.15, 0.2) is 53.4 Å². The summed E-state index contributed by atoms with van der Waals surface area (Å²) in [6.45, 7) is 2.57. The third kappa shape index (κ3) is 8.89. The standard InChI is InChI=1S/C31H42FNO9S/c1-31(2,32)20-33(43(36,37)25-11-9-24(39-4)10-12-25)19-27(34)22(17-21-5-7-23(38-3)8-6-21)18-29(35)42-28-14-16-41-30-26(28)13-15-40-30/h5-12,22,26-28,30,34H,13-20H2,1-4H3/t22-,26+,27-,28+,30-/m1/s1. The van der Waals surface area contributed by atoms with Gasteiger partial charge in [-0.1, -0.05) is 12.1 Å². The number of methoxy groups -OCH3 is 2. The van der Waals surface area contributed by atoms with Gasteiger partial charge in [0.2, 0.25) is 10.0 Å². The second-order valence-electron chi connectivity index (χ2n) is 11.7. The Morgan fingerprint density at radius 3 is 2.19 bits per heavy atom. The van der Waals surface area contributed by atoms with Crippen LogP contribution in [-0.2, 0) is 35.4 Å². The predicted octanol–water partition coefficient (Wildman–Crippen LogP) is 3.75. The second-order valence-corrected chi connectivity index (χ2v) is 13.6. The third-order valence-electron chi connectivity index (χ3n) is 7.80. The van der Waals surface area contributed by atoms with E-state index in [2.05, 4.69) is 0 Å². The van der Waals surface area contributed by atoms with Gasteiger partial charge in [-0.05, 0) is 68.7 Å². The highest BCUT2D eigenvalue weighted by atomic mass is 32.2. The van der Waals surface area contributed by atoms with E-state index in [-0.39, 0.29) is 29.8 Å².